The summed E-state index contributed by atoms with van der Waals surface area (Å²) in [5.74, 6) is 0.793. The second-order valence-electron chi connectivity index (χ2n) is 5.15. The molecule has 0 aromatic heterocycles. The van der Waals surface area contributed by atoms with Crippen molar-refractivity contribution in [1.82, 2.24) is 10.2 Å². The van der Waals surface area contributed by atoms with E-state index in [0.29, 0.717) is 32.4 Å². The lowest BCUT2D eigenvalue weighted by Crippen LogP contribution is -2.56. The minimum absolute atomic E-state index is 0.0412. The van der Waals surface area contributed by atoms with Crippen LogP contribution in [0.3, 0.4) is 0 Å². The second kappa shape index (κ2) is 7.11. The Morgan fingerprint density at radius 1 is 1.48 bits per heavy atom. The zero-order valence-electron chi connectivity index (χ0n) is 12.6. The SMILES string of the molecule is CCC1C(=O)NCCN1C(=O)CCc1cccc(OC)c1. The molecule has 1 fully saturated rings. The Morgan fingerprint density at radius 3 is 3.00 bits per heavy atom. The summed E-state index contributed by atoms with van der Waals surface area (Å²) in [6.45, 7) is 3.07. The van der Waals surface area contributed by atoms with E-state index in [0.717, 1.165) is 11.3 Å². The van der Waals surface area contributed by atoms with Gasteiger partial charge in [0.25, 0.3) is 0 Å². The van der Waals surface area contributed by atoms with Gasteiger partial charge in [-0.25, -0.2) is 0 Å². The highest BCUT2D eigenvalue weighted by molar-refractivity contribution is 5.88. The molecule has 1 aliphatic rings. The van der Waals surface area contributed by atoms with Crippen LogP contribution in [-0.2, 0) is 16.0 Å². The van der Waals surface area contributed by atoms with Crippen molar-refractivity contribution in [2.45, 2.75) is 32.2 Å². The lowest BCUT2D eigenvalue weighted by Gasteiger charge is -2.34. The van der Waals surface area contributed by atoms with Crippen molar-refractivity contribution in [3.05, 3.63) is 29.8 Å². The summed E-state index contributed by atoms with van der Waals surface area (Å²) < 4.78 is 5.18. The van der Waals surface area contributed by atoms with Gasteiger partial charge in [0.2, 0.25) is 11.8 Å². The fraction of sp³-hybridized carbons (Fsp3) is 0.500. The monoisotopic (exact) mass is 290 g/mol. The summed E-state index contributed by atoms with van der Waals surface area (Å²) in [5, 5.41) is 2.81. The molecule has 1 unspecified atom stereocenters. The molecule has 0 bridgehead atoms. The molecule has 1 saturated heterocycles. The Morgan fingerprint density at radius 2 is 2.29 bits per heavy atom. The van der Waals surface area contributed by atoms with Crippen LogP contribution in [0.2, 0.25) is 0 Å². The minimum atomic E-state index is -0.323. The number of nitrogens with one attached hydrogen (secondary N) is 1. The number of ether oxygens (including phenoxy) is 1. The molecule has 1 atom stereocenters. The smallest absolute Gasteiger partial charge is 0.242 e. The minimum Gasteiger partial charge on any atom is -0.497 e. The van der Waals surface area contributed by atoms with E-state index < -0.39 is 0 Å². The van der Waals surface area contributed by atoms with E-state index in [1.54, 1.807) is 12.0 Å². The predicted octanol–water partition coefficient (Wildman–Crippen LogP) is 1.36. The number of carbonyl (C=O) groups excluding carboxylic acids is 2. The van der Waals surface area contributed by atoms with Crippen LogP contribution in [0.25, 0.3) is 0 Å². The predicted molar refractivity (Wildman–Crippen MR) is 80.1 cm³/mol. The molecular formula is C16H22N2O3. The van der Waals surface area contributed by atoms with Gasteiger partial charge in [-0.05, 0) is 30.5 Å². The molecule has 1 aromatic carbocycles. The van der Waals surface area contributed by atoms with Crippen molar-refractivity contribution in [2.24, 2.45) is 0 Å². The Kier molecular flexibility index (Phi) is 5.20. The third kappa shape index (κ3) is 3.74. The fourth-order valence-corrected chi connectivity index (χ4v) is 2.64. The van der Waals surface area contributed by atoms with Gasteiger partial charge in [-0.2, -0.15) is 0 Å². The van der Waals surface area contributed by atoms with E-state index in [4.69, 9.17) is 4.74 Å². The number of hydrogen-bond donors (Lipinski definition) is 1. The molecule has 2 amide bonds. The summed E-state index contributed by atoms with van der Waals surface area (Å²) in [7, 11) is 1.63. The first-order valence-corrected chi connectivity index (χ1v) is 7.35. The highest BCUT2D eigenvalue weighted by Crippen LogP contribution is 2.16. The lowest BCUT2D eigenvalue weighted by atomic mass is 10.1. The van der Waals surface area contributed by atoms with Gasteiger partial charge < -0.3 is 15.0 Å². The fourth-order valence-electron chi connectivity index (χ4n) is 2.64. The Balaban J connectivity index is 1.95. The average Bonchev–Trinajstić information content (AvgIpc) is 2.52. The van der Waals surface area contributed by atoms with E-state index in [1.807, 2.05) is 31.2 Å². The van der Waals surface area contributed by atoms with Crippen LogP contribution in [0.5, 0.6) is 5.75 Å². The Hall–Kier alpha value is -2.04. The molecule has 1 aliphatic heterocycles. The molecule has 0 radical (unpaired) electrons. The van der Waals surface area contributed by atoms with Gasteiger partial charge in [0.15, 0.2) is 0 Å². The van der Waals surface area contributed by atoms with Crippen molar-refractivity contribution >= 4 is 11.8 Å². The maximum Gasteiger partial charge on any atom is 0.242 e. The van der Waals surface area contributed by atoms with Gasteiger partial charge >= 0.3 is 0 Å². The number of amides is 2. The first kappa shape index (κ1) is 15.4. The van der Waals surface area contributed by atoms with Crippen molar-refractivity contribution < 1.29 is 14.3 Å². The number of nitrogens with zero attached hydrogens (tertiary/aromatic N) is 1. The number of piperazine rings is 1. The highest BCUT2D eigenvalue weighted by Gasteiger charge is 2.30. The van der Waals surface area contributed by atoms with Crippen molar-refractivity contribution in [3.8, 4) is 5.75 Å². The first-order chi connectivity index (χ1) is 10.2. The summed E-state index contributed by atoms with van der Waals surface area (Å²) in [5.41, 5.74) is 1.07. The van der Waals surface area contributed by atoms with Crippen LogP contribution < -0.4 is 10.1 Å². The molecule has 21 heavy (non-hydrogen) atoms. The van der Waals surface area contributed by atoms with Crippen LogP contribution in [0.15, 0.2) is 24.3 Å². The van der Waals surface area contributed by atoms with Gasteiger partial charge in [0.05, 0.1) is 7.11 Å². The Bertz CT molecular complexity index is 516. The van der Waals surface area contributed by atoms with E-state index in [9.17, 15) is 9.59 Å². The zero-order chi connectivity index (χ0) is 15.2. The number of carbonyl (C=O) groups is 2. The number of aryl methyl sites for hydroxylation is 1. The lowest BCUT2D eigenvalue weighted by molar-refractivity contribution is -0.143. The summed E-state index contributed by atoms with van der Waals surface area (Å²) in [4.78, 5) is 25.8. The maximum absolute atomic E-state index is 12.4. The van der Waals surface area contributed by atoms with E-state index in [-0.39, 0.29) is 17.9 Å². The van der Waals surface area contributed by atoms with Gasteiger partial charge in [-0.1, -0.05) is 19.1 Å². The maximum atomic E-state index is 12.4. The Labute approximate surface area is 125 Å². The molecule has 1 aromatic rings. The third-order valence-electron chi connectivity index (χ3n) is 3.80. The summed E-state index contributed by atoms with van der Waals surface area (Å²) >= 11 is 0. The van der Waals surface area contributed by atoms with Crippen LogP contribution in [-0.4, -0.2) is 43.0 Å². The molecule has 0 aliphatic carbocycles. The van der Waals surface area contributed by atoms with Gasteiger partial charge in [-0.3, -0.25) is 9.59 Å². The first-order valence-electron chi connectivity index (χ1n) is 7.35. The summed E-state index contributed by atoms with van der Waals surface area (Å²) in [6, 6.07) is 7.40. The number of rotatable bonds is 5. The number of hydrogen-bond acceptors (Lipinski definition) is 3. The third-order valence-corrected chi connectivity index (χ3v) is 3.80. The van der Waals surface area contributed by atoms with Gasteiger partial charge in [0.1, 0.15) is 11.8 Å². The van der Waals surface area contributed by atoms with Crippen LogP contribution >= 0.6 is 0 Å². The molecule has 0 spiro atoms. The van der Waals surface area contributed by atoms with E-state index >= 15 is 0 Å². The molecule has 114 valence electrons. The molecule has 2 rings (SSSR count). The topological polar surface area (TPSA) is 58.6 Å². The van der Waals surface area contributed by atoms with Gasteiger partial charge in [-0.15, -0.1) is 0 Å². The molecule has 0 saturated carbocycles. The molecular weight excluding hydrogens is 268 g/mol. The van der Waals surface area contributed by atoms with Crippen LogP contribution in [0.1, 0.15) is 25.3 Å². The van der Waals surface area contributed by atoms with Crippen molar-refractivity contribution in [3.63, 3.8) is 0 Å². The van der Waals surface area contributed by atoms with Crippen LogP contribution in [0.4, 0.5) is 0 Å². The molecule has 5 heteroatoms. The van der Waals surface area contributed by atoms with E-state index in [1.165, 1.54) is 0 Å². The molecule has 1 heterocycles. The highest BCUT2D eigenvalue weighted by atomic mass is 16.5. The molecule has 5 nitrogen and oxygen atoms in total. The second-order valence-corrected chi connectivity index (χ2v) is 5.15. The largest absolute Gasteiger partial charge is 0.497 e. The average molecular weight is 290 g/mol. The normalized spacial score (nSPS) is 18.3. The quantitative estimate of drug-likeness (QED) is 0.891. The van der Waals surface area contributed by atoms with E-state index in [2.05, 4.69) is 5.32 Å². The van der Waals surface area contributed by atoms with Crippen molar-refractivity contribution in [1.29, 1.82) is 0 Å². The zero-order valence-corrected chi connectivity index (χ0v) is 12.6. The summed E-state index contributed by atoms with van der Waals surface area (Å²) in [6.07, 6.45) is 1.72. The number of benzene rings is 1. The standard InChI is InChI=1S/C16H22N2O3/c1-3-14-16(20)17-9-10-18(14)15(19)8-7-12-5-4-6-13(11-12)21-2/h4-6,11,14H,3,7-10H2,1-2H3,(H,17,20). The van der Waals surface area contributed by atoms with Gasteiger partial charge in [0, 0.05) is 19.5 Å². The molecule has 1 N–H and O–H groups in total. The van der Waals surface area contributed by atoms with Crippen LogP contribution in [0, 0.1) is 0 Å². The van der Waals surface area contributed by atoms with Crippen molar-refractivity contribution in [2.75, 3.05) is 20.2 Å². The number of methoxy groups -OCH3 is 1.